The summed E-state index contributed by atoms with van der Waals surface area (Å²) in [5.74, 6) is 0.531. The molecule has 1 saturated carbocycles. The minimum Gasteiger partial charge on any atom is -0.393 e. The molecule has 0 unspecified atom stereocenters. The van der Waals surface area contributed by atoms with Gasteiger partial charge in [-0.15, -0.1) is 0 Å². The van der Waals surface area contributed by atoms with Crippen molar-refractivity contribution < 1.29 is 5.11 Å². The van der Waals surface area contributed by atoms with Crippen molar-refractivity contribution in [2.75, 3.05) is 0 Å². The maximum Gasteiger partial charge on any atom is 0.0656 e. The van der Waals surface area contributed by atoms with Gasteiger partial charge in [-0.25, -0.2) is 0 Å². The van der Waals surface area contributed by atoms with Gasteiger partial charge in [-0.05, 0) is 41.5 Å². The average Bonchev–Trinajstić information content (AvgIpc) is 2.92. The molecule has 1 fully saturated rings. The second-order valence-corrected chi connectivity index (χ2v) is 5.58. The number of nitrogens with zero attached hydrogens (tertiary/aromatic N) is 1. The van der Waals surface area contributed by atoms with Gasteiger partial charge in [0.1, 0.15) is 0 Å². The first-order chi connectivity index (χ1) is 9.81. The smallest absolute Gasteiger partial charge is 0.0656 e. The van der Waals surface area contributed by atoms with E-state index in [-0.39, 0.29) is 6.10 Å². The molecule has 0 spiro atoms. The highest BCUT2D eigenvalue weighted by Gasteiger charge is 2.28. The predicted octanol–water partition coefficient (Wildman–Crippen LogP) is 3.47. The van der Waals surface area contributed by atoms with Gasteiger partial charge < -0.3 is 5.11 Å². The van der Waals surface area contributed by atoms with E-state index in [4.69, 9.17) is 0 Å². The van der Waals surface area contributed by atoms with E-state index in [1.54, 1.807) is 0 Å². The molecule has 3 aromatic rings. The van der Waals surface area contributed by atoms with E-state index in [1.807, 2.05) is 18.3 Å². The van der Waals surface area contributed by atoms with E-state index in [0.717, 1.165) is 23.7 Å². The topological polar surface area (TPSA) is 48.9 Å². The number of aliphatic hydroxyl groups is 1. The highest BCUT2D eigenvalue weighted by atomic mass is 16.3. The van der Waals surface area contributed by atoms with Crippen LogP contribution in [-0.4, -0.2) is 21.4 Å². The molecule has 1 aliphatic carbocycles. The molecule has 2 N–H and O–H groups in total. The molecule has 0 aliphatic heterocycles. The fraction of sp³-hybridized carbons (Fsp3) is 0.235. The zero-order chi connectivity index (χ0) is 13.5. The van der Waals surface area contributed by atoms with Gasteiger partial charge in [-0.1, -0.05) is 36.4 Å². The van der Waals surface area contributed by atoms with E-state index in [9.17, 15) is 5.11 Å². The summed E-state index contributed by atoms with van der Waals surface area (Å²) in [6.07, 6.45) is 3.58. The summed E-state index contributed by atoms with van der Waals surface area (Å²) in [7, 11) is 0. The number of aromatic amines is 1. The van der Waals surface area contributed by atoms with Crippen LogP contribution in [-0.2, 0) is 0 Å². The van der Waals surface area contributed by atoms with Crippen molar-refractivity contribution in [1.29, 1.82) is 0 Å². The van der Waals surface area contributed by atoms with Crippen LogP contribution >= 0.6 is 0 Å². The number of aromatic nitrogens is 2. The van der Waals surface area contributed by atoms with Crippen LogP contribution in [0.1, 0.15) is 24.3 Å². The number of hydrogen-bond donors (Lipinski definition) is 2. The molecule has 0 bridgehead atoms. The Morgan fingerprint density at radius 3 is 2.60 bits per heavy atom. The summed E-state index contributed by atoms with van der Waals surface area (Å²) in [4.78, 5) is 0. The fourth-order valence-electron chi connectivity index (χ4n) is 3.01. The van der Waals surface area contributed by atoms with E-state index in [0.29, 0.717) is 5.92 Å². The molecule has 0 amide bonds. The summed E-state index contributed by atoms with van der Waals surface area (Å²) in [5, 5.41) is 17.7. The number of fused-ring (bicyclic) bond motifs is 1. The fourth-order valence-corrected chi connectivity index (χ4v) is 3.01. The minimum atomic E-state index is -0.0978. The molecular formula is C17H16N2O. The monoisotopic (exact) mass is 264 g/mol. The normalized spacial score (nSPS) is 21.9. The average molecular weight is 264 g/mol. The lowest BCUT2D eigenvalue weighted by Crippen LogP contribution is -2.26. The molecule has 1 aliphatic rings. The Bertz CT molecular complexity index is 739. The standard InChI is InChI=1S/C17H16N2O/c20-14-8-13(9-14)11-4-6-12(7-5-11)15-2-1-3-17-16(15)10-18-19-17/h1-7,10,13-14,20H,8-9H2,(H,18,19). The largest absolute Gasteiger partial charge is 0.393 e. The van der Waals surface area contributed by atoms with Crippen LogP contribution in [0.5, 0.6) is 0 Å². The van der Waals surface area contributed by atoms with Crippen LogP contribution in [0.3, 0.4) is 0 Å². The van der Waals surface area contributed by atoms with Crippen LogP contribution in [0, 0.1) is 0 Å². The van der Waals surface area contributed by atoms with Gasteiger partial charge in [0.15, 0.2) is 0 Å². The maximum atomic E-state index is 9.40. The molecule has 0 saturated heterocycles. The molecule has 3 heteroatoms. The van der Waals surface area contributed by atoms with Gasteiger partial charge in [0, 0.05) is 5.39 Å². The summed E-state index contributed by atoms with van der Waals surface area (Å²) in [5.41, 5.74) is 4.81. The number of benzene rings is 2. The summed E-state index contributed by atoms with van der Waals surface area (Å²) in [6, 6.07) is 14.9. The molecule has 1 heterocycles. The first-order valence-electron chi connectivity index (χ1n) is 7.02. The Morgan fingerprint density at radius 2 is 1.85 bits per heavy atom. The first kappa shape index (κ1) is 11.7. The number of nitrogens with one attached hydrogen (secondary N) is 1. The number of H-pyrrole nitrogens is 1. The van der Waals surface area contributed by atoms with Gasteiger partial charge in [-0.3, -0.25) is 5.10 Å². The lowest BCUT2D eigenvalue weighted by Gasteiger charge is -2.31. The molecule has 0 atom stereocenters. The van der Waals surface area contributed by atoms with Crippen LogP contribution in [0.4, 0.5) is 0 Å². The maximum absolute atomic E-state index is 9.40. The predicted molar refractivity (Wildman–Crippen MR) is 79.5 cm³/mol. The van der Waals surface area contributed by atoms with E-state index < -0.39 is 0 Å². The molecule has 4 rings (SSSR count). The third-order valence-corrected chi connectivity index (χ3v) is 4.29. The number of hydrogen-bond acceptors (Lipinski definition) is 2. The Balaban J connectivity index is 1.70. The zero-order valence-corrected chi connectivity index (χ0v) is 11.1. The van der Waals surface area contributed by atoms with Crippen LogP contribution in [0.15, 0.2) is 48.7 Å². The highest BCUT2D eigenvalue weighted by molar-refractivity contribution is 5.94. The SMILES string of the molecule is OC1CC(c2ccc(-c3cccc4[nH]ncc34)cc2)C1. The van der Waals surface area contributed by atoms with Crippen molar-refractivity contribution in [3.8, 4) is 11.1 Å². The lowest BCUT2D eigenvalue weighted by molar-refractivity contribution is 0.0746. The second-order valence-electron chi connectivity index (χ2n) is 5.58. The lowest BCUT2D eigenvalue weighted by atomic mass is 9.77. The van der Waals surface area contributed by atoms with Crippen molar-refractivity contribution in [1.82, 2.24) is 10.2 Å². The Labute approximate surface area is 117 Å². The van der Waals surface area contributed by atoms with Crippen molar-refractivity contribution in [2.24, 2.45) is 0 Å². The molecular weight excluding hydrogens is 248 g/mol. The highest BCUT2D eigenvalue weighted by Crippen LogP contribution is 2.37. The van der Waals surface area contributed by atoms with Crippen molar-refractivity contribution >= 4 is 10.9 Å². The van der Waals surface area contributed by atoms with Crippen LogP contribution < -0.4 is 0 Å². The van der Waals surface area contributed by atoms with E-state index >= 15 is 0 Å². The quantitative estimate of drug-likeness (QED) is 0.744. The van der Waals surface area contributed by atoms with Gasteiger partial charge in [-0.2, -0.15) is 5.10 Å². The van der Waals surface area contributed by atoms with Crippen LogP contribution in [0.2, 0.25) is 0 Å². The molecule has 3 nitrogen and oxygen atoms in total. The minimum absolute atomic E-state index is 0.0978. The molecule has 2 aromatic carbocycles. The zero-order valence-electron chi connectivity index (χ0n) is 11.1. The number of aliphatic hydroxyl groups excluding tert-OH is 1. The van der Waals surface area contributed by atoms with Crippen molar-refractivity contribution in [3.63, 3.8) is 0 Å². The van der Waals surface area contributed by atoms with Gasteiger partial charge in [0.2, 0.25) is 0 Å². The molecule has 0 radical (unpaired) electrons. The Morgan fingerprint density at radius 1 is 1.05 bits per heavy atom. The van der Waals surface area contributed by atoms with E-state index in [2.05, 4.69) is 40.5 Å². The molecule has 1 aromatic heterocycles. The third-order valence-electron chi connectivity index (χ3n) is 4.29. The summed E-state index contributed by atoms with van der Waals surface area (Å²) < 4.78 is 0. The van der Waals surface area contributed by atoms with Gasteiger partial charge >= 0.3 is 0 Å². The Hall–Kier alpha value is -2.13. The number of rotatable bonds is 2. The second kappa shape index (κ2) is 4.46. The molecule has 20 heavy (non-hydrogen) atoms. The van der Waals surface area contributed by atoms with Crippen molar-refractivity contribution in [2.45, 2.75) is 24.9 Å². The molecule has 100 valence electrons. The Kier molecular flexibility index (Phi) is 2.60. The van der Waals surface area contributed by atoms with E-state index in [1.165, 1.54) is 16.7 Å². The summed E-state index contributed by atoms with van der Waals surface area (Å²) in [6.45, 7) is 0. The van der Waals surface area contributed by atoms with Crippen LogP contribution in [0.25, 0.3) is 22.0 Å². The third kappa shape index (κ3) is 1.82. The first-order valence-corrected chi connectivity index (χ1v) is 7.02. The van der Waals surface area contributed by atoms with Crippen molar-refractivity contribution in [3.05, 3.63) is 54.2 Å². The van der Waals surface area contributed by atoms with Gasteiger partial charge in [0.05, 0.1) is 17.8 Å². The summed E-state index contributed by atoms with van der Waals surface area (Å²) >= 11 is 0. The van der Waals surface area contributed by atoms with Gasteiger partial charge in [0.25, 0.3) is 0 Å².